The summed E-state index contributed by atoms with van der Waals surface area (Å²) >= 11 is 0. The molecule has 2 aromatic carbocycles. The van der Waals surface area contributed by atoms with Crippen molar-refractivity contribution in [2.45, 2.75) is 31.7 Å². The molecular weight excluding hydrogens is 422 g/mol. The SMILES string of the molecule is COC(=O)CC(=O)NC1CCN(c2ccccc2C(=O)NCCc2ccccc2OC)CC1. The number of carbonyl (C=O) groups excluding carboxylic acids is 3. The van der Waals surface area contributed by atoms with Gasteiger partial charge in [-0.15, -0.1) is 0 Å². The van der Waals surface area contributed by atoms with Gasteiger partial charge in [0.05, 0.1) is 19.8 Å². The highest BCUT2D eigenvalue weighted by atomic mass is 16.5. The van der Waals surface area contributed by atoms with E-state index in [-0.39, 0.29) is 24.3 Å². The quantitative estimate of drug-likeness (QED) is 0.447. The Hall–Kier alpha value is -3.55. The third-order valence-electron chi connectivity index (χ3n) is 5.75. The number of anilines is 1. The fourth-order valence-electron chi connectivity index (χ4n) is 4.00. The van der Waals surface area contributed by atoms with Crippen molar-refractivity contribution in [1.29, 1.82) is 0 Å². The highest BCUT2D eigenvalue weighted by Crippen LogP contribution is 2.24. The number of esters is 1. The van der Waals surface area contributed by atoms with Gasteiger partial charge in [-0.2, -0.15) is 0 Å². The van der Waals surface area contributed by atoms with Crippen molar-refractivity contribution in [2.24, 2.45) is 0 Å². The molecule has 1 saturated heterocycles. The van der Waals surface area contributed by atoms with Gasteiger partial charge in [-0.25, -0.2) is 0 Å². The number of hydrogen-bond donors (Lipinski definition) is 2. The van der Waals surface area contributed by atoms with Gasteiger partial charge >= 0.3 is 5.97 Å². The lowest BCUT2D eigenvalue weighted by Crippen LogP contribution is -2.45. The van der Waals surface area contributed by atoms with E-state index in [1.807, 2.05) is 48.5 Å². The Balaban J connectivity index is 1.54. The molecule has 2 N–H and O–H groups in total. The van der Waals surface area contributed by atoms with Crippen LogP contribution in [-0.2, 0) is 20.7 Å². The van der Waals surface area contributed by atoms with Crippen LogP contribution in [-0.4, -0.2) is 57.7 Å². The molecule has 0 radical (unpaired) electrons. The Bertz CT molecular complexity index is 970. The van der Waals surface area contributed by atoms with Crippen molar-refractivity contribution < 1.29 is 23.9 Å². The van der Waals surface area contributed by atoms with Crippen molar-refractivity contribution in [2.75, 3.05) is 38.8 Å². The van der Waals surface area contributed by atoms with E-state index in [1.54, 1.807) is 7.11 Å². The molecule has 33 heavy (non-hydrogen) atoms. The minimum Gasteiger partial charge on any atom is -0.496 e. The van der Waals surface area contributed by atoms with Crippen LogP contribution in [0.4, 0.5) is 5.69 Å². The number of amides is 2. The maximum Gasteiger partial charge on any atom is 0.315 e. The number of methoxy groups -OCH3 is 2. The number of nitrogens with zero attached hydrogens (tertiary/aromatic N) is 1. The highest BCUT2D eigenvalue weighted by Gasteiger charge is 2.24. The molecule has 2 amide bonds. The number of benzene rings is 2. The lowest BCUT2D eigenvalue weighted by molar-refractivity contribution is -0.144. The summed E-state index contributed by atoms with van der Waals surface area (Å²) in [5.41, 5.74) is 2.56. The molecule has 0 aromatic heterocycles. The van der Waals surface area contributed by atoms with E-state index in [0.29, 0.717) is 31.6 Å². The van der Waals surface area contributed by atoms with Gasteiger partial charge in [-0.05, 0) is 43.0 Å². The zero-order valence-corrected chi connectivity index (χ0v) is 19.1. The van der Waals surface area contributed by atoms with E-state index in [2.05, 4.69) is 20.3 Å². The molecule has 0 aliphatic carbocycles. The van der Waals surface area contributed by atoms with Crippen LogP contribution in [0.5, 0.6) is 5.75 Å². The normalized spacial score (nSPS) is 13.8. The number of carbonyl (C=O) groups is 3. The Morgan fingerprint density at radius 2 is 1.70 bits per heavy atom. The Labute approximate surface area is 194 Å². The predicted molar refractivity (Wildman–Crippen MR) is 125 cm³/mol. The van der Waals surface area contributed by atoms with Crippen molar-refractivity contribution in [3.8, 4) is 5.75 Å². The average Bonchev–Trinajstić information content (AvgIpc) is 2.84. The summed E-state index contributed by atoms with van der Waals surface area (Å²) in [7, 11) is 2.90. The summed E-state index contributed by atoms with van der Waals surface area (Å²) in [4.78, 5) is 38.3. The molecule has 3 rings (SSSR count). The second kappa shape index (κ2) is 11.9. The molecule has 1 heterocycles. The minimum atomic E-state index is -0.546. The molecule has 176 valence electrons. The van der Waals surface area contributed by atoms with Crippen LogP contribution in [0.2, 0.25) is 0 Å². The highest BCUT2D eigenvalue weighted by molar-refractivity contribution is 5.99. The van der Waals surface area contributed by atoms with Gasteiger partial charge < -0.3 is 25.0 Å². The first-order chi connectivity index (χ1) is 16.0. The molecule has 8 heteroatoms. The van der Waals surface area contributed by atoms with Gasteiger partial charge in [0.15, 0.2) is 0 Å². The number of para-hydroxylation sites is 2. The molecule has 1 fully saturated rings. The summed E-state index contributed by atoms with van der Waals surface area (Å²) in [5, 5.41) is 5.91. The molecule has 0 spiro atoms. The molecule has 0 saturated carbocycles. The first-order valence-corrected chi connectivity index (χ1v) is 11.1. The zero-order valence-electron chi connectivity index (χ0n) is 19.1. The first kappa shape index (κ1) is 24.1. The van der Waals surface area contributed by atoms with Crippen molar-refractivity contribution in [3.63, 3.8) is 0 Å². The van der Waals surface area contributed by atoms with Crippen LogP contribution in [0.25, 0.3) is 0 Å². The lowest BCUT2D eigenvalue weighted by atomic mass is 10.0. The molecule has 2 aromatic rings. The lowest BCUT2D eigenvalue weighted by Gasteiger charge is -2.34. The fourth-order valence-corrected chi connectivity index (χ4v) is 4.00. The third-order valence-corrected chi connectivity index (χ3v) is 5.75. The predicted octanol–water partition coefficient (Wildman–Crippen LogP) is 2.32. The molecule has 1 aliphatic heterocycles. The van der Waals surface area contributed by atoms with Crippen LogP contribution >= 0.6 is 0 Å². The van der Waals surface area contributed by atoms with Gasteiger partial charge in [0.2, 0.25) is 5.91 Å². The molecular formula is C25H31N3O5. The molecule has 0 bridgehead atoms. The van der Waals surface area contributed by atoms with Crippen LogP contribution in [0.1, 0.15) is 35.2 Å². The molecule has 8 nitrogen and oxygen atoms in total. The van der Waals surface area contributed by atoms with Crippen molar-refractivity contribution in [3.05, 3.63) is 59.7 Å². The minimum absolute atomic E-state index is 0.000229. The summed E-state index contributed by atoms with van der Waals surface area (Å²) in [6.45, 7) is 1.91. The van der Waals surface area contributed by atoms with E-state index in [4.69, 9.17) is 4.74 Å². The van der Waals surface area contributed by atoms with Gasteiger partial charge in [-0.1, -0.05) is 30.3 Å². The van der Waals surface area contributed by atoms with Gasteiger partial charge in [0, 0.05) is 31.4 Å². The largest absolute Gasteiger partial charge is 0.496 e. The van der Waals surface area contributed by atoms with Crippen LogP contribution in [0.3, 0.4) is 0 Å². The second-order valence-electron chi connectivity index (χ2n) is 7.92. The molecule has 0 atom stereocenters. The van der Waals surface area contributed by atoms with E-state index in [0.717, 1.165) is 29.8 Å². The topological polar surface area (TPSA) is 97.0 Å². The number of rotatable bonds is 9. The first-order valence-electron chi connectivity index (χ1n) is 11.1. The zero-order chi connectivity index (χ0) is 23.6. The number of nitrogens with one attached hydrogen (secondary N) is 2. The Morgan fingerprint density at radius 3 is 2.42 bits per heavy atom. The number of ether oxygens (including phenoxy) is 2. The van der Waals surface area contributed by atoms with Crippen molar-refractivity contribution >= 4 is 23.5 Å². The van der Waals surface area contributed by atoms with Gasteiger partial charge in [0.1, 0.15) is 12.2 Å². The standard InChI is InChI=1S/C25H31N3O5/c1-32-22-10-6-3-7-18(22)11-14-26-25(31)20-8-4-5-9-21(20)28-15-12-19(13-16-28)27-23(29)17-24(30)33-2/h3-10,19H,11-17H2,1-2H3,(H,26,31)(H,27,29). The van der Waals surface area contributed by atoms with Gasteiger partial charge in [0.25, 0.3) is 5.91 Å². The smallest absolute Gasteiger partial charge is 0.315 e. The van der Waals surface area contributed by atoms with Gasteiger partial charge in [-0.3, -0.25) is 14.4 Å². The van der Waals surface area contributed by atoms with E-state index >= 15 is 0 Å². The summed E-state index contributed by atoms with van der Waals surface area (Å²) in [6.07, 6.45) is 1.87. The third kappa shape index (κ3) is 6.71. The second-order valence-corrected chi connectivity index (χ2v) is 7.92. The molecule has 1 aliphatic rings. The maximum atomic E-state index is 12.9. The number of piperidine rings is 1. The van der Waals surface area contributed by atoms with E-state index in [1.165, 1.54) is 7.11 Å². The van der Waals surface area contributed by atoms with Crippen LogP contribution in [0, 0.1) is 0 Å². The van der Waals surface area contributed by atoms with Crippen LogP contribution < -0.4 is 20.3 Å². The monoisotopic (exact) mass is 453 g/mol. The Morgan fingerprint density at radius 1 is 1.00 bits per heavy atom. The Kier molecular flexibility index (Phi) is 8.69. The number of hydrogen-bond acceptors (Lipinski definition) is 6. The fraction of sp³-hybridized carbons (Fsp3) is 0.400. The summed E-state index contributed by atoms with van der Waals surface area (Å²) < 4.78 is 9.91. The summed E-state index contributed by atoms with van der Waals surface area (Å²) in [6, 6.07) is 15.3. The molecule has 0 unspecified atom stereocenters. The van der Waals surface area contributed by atoms with Crippen molar-refractivity contribution in [1.82, 2.24) is 10.6 Å². The summed E-state index contributed by atoms with van der Waals surface area (Å²) in [5.74, 6) is -0.173. The maximum absolute atomic E-state index is 12.9. The van der Waals surface area contributed by atoms with E-state index < -0.39 is 5.97 Å². The average molecular weight is 454 g/mol. The van der Waals surface area contributed by atoms with E-state index in [9.17, 15) is 14.4 Å². The van der Waals surface area contributed by atoms with Crippen LogP contribution in [0.15, 0.2) is 48.5 Å².